The van der Waals surface area contributed by atoms with Gasteiger partial charge in [0.25, 0.3) is 0 Å². The maximum absolute atomic E-state index is 8.94. The third kappa shape index (κ3) is 5.50. The van der Waals surface area contributed by atoms with Gasteiger partial charge in [-0.1, -0.05) is 20.8 Å². The van der Waals surface area contributed by atoms with Crippen LogP contribution in [0, 0.1) is 5.41 Å². The van der Waals surface area contributed by atoms with Crippen LogP contribution in [0.4, 0.5) is 11.4 Å². The molecular weight excluding hydrogens is 212 g/mol. The van der Waals surface area contributed by atoms with Gasteiger partial charge in [0, 0.05) is 17.9 Å². The zero-order valence-electron chi connectivity index (χ0n) is 11.1. The van der Waals surface area contributed by atoms with Gasteiger partial charge in [0.05, 0.1) is 12.3 Å². The molecule has 17 heavy (non-hydrogen) atoms. The zero-order valence-corrected chi connectivity index (χ0v) is 11.1. The minimum absolute atomic E-state index is 0.0685. The molecule has 3 nitrogen and oxygen atoms in total. The van der Waals surface area contributed by atoms with Crippen molar-refractivity contribution in [3.05, 3.63) is 24.3 Å². The van der Waals surface area contributed by atoms with E-state index in [1.165, 1.54) is 0 Å². The van der Waals surface area contributed by atoms with Crippen LogP contribution in [0.15, 0.2) is 29.3 Å². The molecule has 0 saturated carbocycles. The summed E-state index contributed by atoms with van der Waals surface area (Å²) in [6.07, 6.45) is 1.95. The lowest BCUT2D eigenvalue weighted by atomic mass is 9.99. The topological polar surface area (TPSA) is 44.6 Å². The molecule has 0 aliphatic rings. The summed E-state index contributed by atoms with van der Waals surface area (Å²) in [5.74, 6) is 0. The van der Waals surface area contributed by atoms with Crippen LogP contribution in [0.5, 0.6) is 0 Å². The first kappa shape index (κ1) is 13.7. The molecule has 0 bridgehead atoms. The molecule has 0 fully saturated rings. The van der Waals surface area contributed by atoms with E-state index < -0.39 is 0 Å². The van der Waals surface area contributed by atoms with Crippen molar-refractivity contribution in [2.75, 3.05) is 11.9 Å². The highest BCUT2D eigenvalue weighted by atomic mass is 16.3. The molecule has 0 amide bonds. The van der Waals surface area contributed by atoms with Crippen LogP contribution in [0.25, 0.3) is 0 Å². The maximum Gasteiger partial charge on any atom is 0.0630 e. The highest BCUT2D eigenvalue weighted by Crippen LogP contribution is 2.18. The second-order valence-corrected chi connectivity index (χ2v) is 5.40. The summed E-state index contributed by atoms with van der Waals surface area (Å²) >= 11 is 0. The SMILES string of the molecule is CC(CO)Nc1ccc(N=CC(C)(C)C)cc1. The number of anilines is 1. The fraction of sp³-hybridized carbons (Fsp3) is 0.500. The van der Waals surface area contributed by atoms with Gasteiger partial charge in [0.1, 0.15) is 0 Å². The molecular formula is C14H22N2O. The van der Waals surface area contributed by atoms with Gasteiger partial charge >= 0.3 is 0 Å². The number of aliphatic hydroxyl groups excluding tert-OH is 1. The number of nitrogens with zero attached hydrogens (tertiary/aromatic N) is 1. The van der Waals surface area contributed by atoms with E-state index >= 15 is 0 Å². The van der Waals surface area contributed by atoms with Crippen LogP contribution >= 0.6 is 0 Å². The van der Waals surface area contributed by atoms with Gasteiger partial charge in [-0.05, 0) is 36.6 Å². The van der Waals surface area contributed by atoms with Crippen molar-refractivity contribution in [2.24, 2.45) is 10.4 Å². The average molecular weight is 234 g/mol. The number of nitrogens with one attached hydrogen (secondary N) is 1. The number of hydrogen-bond acceptors (Lipinski definition) is 3. The Morgan fingerprint density at radius 1 is 1.29 bits per heavy atom. The molecule has 0 radical (unpaired) electrons. The molecule has 2 N–H and O–H groups in total. The Morgan fingerprint density at radius 3 is 2.35 bits per heavy atom. The minimum Gasteiger partial charge on any atom is -0.394 e. The van der Waals surface area contributed by atoms with Crippen molar-refractivity contribution < 1.29 is 5.11 Å². The minimum atomic E-state index is 0.0685. The van der Waals surface area contributed by atoms with Crippen LogP contribution in [0.3, 0.4) is 0 Å². The third-order valence-electron chi connectivity index (χ3n) is 2.16. The Balaban J connectivity index is 2.65. The lowest BCUT2D eigenvalue weighted by Crippen LogP contribution is -2.18. The molecule has 0 aliphatic carbocycles. The van der Waals surface area contributed by atoms with Gasteiger partial charge in [-0.15, -0.1) is 0 Å². The maximum atomic E-state index is 8.94. The second kappa shape index (κ2) is 5.82. The van der Waals surface area contributed by atoms with E-state index in [0.717, 1.165) is 11.4 Å². The van der Waals surface area contributed by atoms with Crippen LogP contribution in [0.1, 0.15) is 27.7 Å². The summed E-state index contributed by atoms with van der Waals surface area (Å²) in [7, 11) is 0. The predicted octanol–water partition coefficient (Wildman–Crippen LogP) is 3.23. The van der Waals surface area contributed by atoms with E-state index in [4.69, 9.17) is 5.11 Å². The highest BCUT2D eigenvalue weighted by molar-refractivity contribution is 5.69. The number of aliphatic imine (C=N–C) groups is 1. The molecule has 0 aliphatic heterocycles. The molecule has 0 saturated heterocycles. The summed E-state index contributed by atoms with van der Waals surface area (Å²) in [5.41, 5.74) is 2.05. The molecule has 1 atom stereocenters. The Kier molecular flexibility index (Phi) is 4.70. The molecule has 1 rings (SSSR count). The Hall–Kier alpha value is -1.35. The number of benzene rings is 1. The van der Waals surface area contributed by atoms with Gasteiger partial charge < -0.3 is 10.4 Å². The summed E-state index contributed by atoms with van der Waals surface area (Å²) < 4.78 is 0. The standard InChI is InChI=1S/C14H22N2O/c1-11(9-17)16-13-7-5-12(6-8-13)15-10-14(2,3)4/h5-8,10-11,16-17H,9H2,1-4H3. The van der Waals surface area contributed by atoms with Crippen molar-refractivity contribution in [3.8, 4) is 0 Å². The zero-order chi connectivity index (χ0) is 12.9. The van der Waals surface area contributed by atoms with Gasteiger partial charge in [-0.2, -0.15) is 0 Å². The second-order valence-electron chi connectivity index (χ2n) is 5.40. The largest absolute Gasteiger partial charge is 0.394 e. The molecule has 1 unspecified atom stereocenters. The Bertz CT molecular complexity index is 363. The lowest BCUT2D eigenvalue weighted by Gasteiger charge is -2.12. The van der Waals surface area contributed by atoms with Crippen molar-refractivity contribution in [2.45, 2.75) is 33.7 Å². The predicted molar refractivity (Wildman–Crippen MR) is 74.2 cm³/mol. The van der Waals surface area contributed by atoms with Crippen LogP contribution in [-0.2, 0) is 0 Å². The first-order valence-corrected chi connectivity index (χ1v) is 5.93. The summed E-state index contributed by atoms with van der Waals surface area (Å²) in [5, 5.41) is 12.1. The van der Waals surface area contributed by atoms with Crippen LogP contribution in [-0.4, -0.2) is 24.0 Å². The molecule has 1 aromatic rings. The monoisotopic (exact) mass is 234 g/mol. The number of rotatable bonds is 4. The van der Waals surface area contributed by atoms with E-state index in [2.05, 4.69) is 31.1 Å². The van der Waals surface area contributed by atoms with Gasteiger partial charge in [0.2, 0.25) is 0 Å². The lowest BCUT2D eigenvalue weighted by molar-refractivity contribution is 0.281. The number of hydrogen-bond donors (Lipinski definition) is 2. The van der Waals surface area contributed by atoms with E-state index in [9.17, 15) is 0 Å². The normalized spacial score (nSPS) is 13.9. The molecule has 0 spiro atoms. The van der Waals surface area contributed by atoms with Gasteiger partial charge in [-0.25, -0.2) is 0 Å². The summed E-state index contributed by atoms with van der Waals surface area (Å²) in [6, 6.07) is 7.95. The van der Waals surface area contributed by atoms with Gasteiger partial charge in [0.15, 0.2) is 0 Å². The summed E-state index contributed by atoms with van der Waals surface area (Å²) in [4.78, 5) is 4.42. The van der Waals surface area contributed by atoms with Crippen LogP contribution in [0.2, 0.25) is 0 Å². The van der Waals surface area contributed by atoms with Crippen molar-refractivity contribution in [1.82, 2.24) is 0 Å². The van der Waals surface area contributed by atoms with Crippen molar-refractivity contribution in [1.29, 1.82) is 0 Å². The van der Waals surface area contributed by atoms with E-state index in [-0.39, 0.29) is 18.1 Å². The first-order chi connectivity index (χ1) is 7.90. The van der Waals surface area contributed by atoms with E-state index in [0.29, 0.717) is 0 Å². The van der Waals surface area contributed by atoms with Crippen molar-refractivity contribution >= 4 is 17.6 Å². The smallest absolute Gasteiger partial charge is 0.0630 e. The number of aliphatic hydroxyl groups is 1. The van der Waals surface area contributed by atoms with Gasteiger partial charge in [-0.3, -0.25) is 4.99 Å². The average Bonchev–Trinajstić information content (AvgIpc) is 2.27. The van der Waals surface area contributed by atoms with Crippen LogP contribution < -0.4 is 5.32 Å². The molecule has 1 aromatic carbocycles. The molecule has 0 aromatic heterocycles. The molecule has 3 heteroatoms. The third-order valence-corrected chi connectivity index (χ3v) is 2.16. The fourth-order valence-corrected chi connectivity index (χ4v) is 1.24. The van der Waals surface area contributed by atoms with Crippen molar-refractivity contribution in [3.63, 3.8) is 0 Å². The fourth-order valence-electron chi connectivity index (χ4n) is 1.24. The quantitative estimate of drug-likeness (QED) is 0.786. The molecule has 0 heterocycles. The highest BCUT2D eigenvalue weighted by Gasteiger charge is 2.05. The molecule has 94 valence electrons. The first-order valence-electron chi connectivity index (χ1n) is 5.93. The summed E-state index contributed by atoms with van der Waals surface area (Å²) in [6.45, 7) is 8.43. The Morgan fingerprint density at radius 2 is 1.88 bits per heavy atom. The Labute approximate surface area is 104 Å². The van der Waals surface area contributed by atoms with E-state index in [1.54, 1.807) is 0 Å². The van der Waals surface area contributed by atoms with E-state index in [1.807, 2.05) is 37.4 Å².